The number of nitrogens with zero attached hydrogens (tertiary/aromatic N) is 1. The number of fused-ring (bicyclic) bond motifs is 2. The normalized spacial score (nSPS) is 13.1. The van der Waals surface area contributed by atoms with Gasteiger partial charge in [-0.3, -0.25) is 4.79 Å². The van der Waals surface area contributed by atoms with Crippen LogP contribution in [0.25, 0.3) is 10.8 Å². The molecule has 4 aromatic carbocycles. The minimum Gasteiger partial charge on any atom is -0.454 e. The Morgan fingerprint density at radius 3 is 2.46 bits per heavy atom. The first-order chi connectivity index (χ1) is 18.7. The topological polar surface area (TPSA) is 114 Å². The molecule has 1 aliphatic rings. The molecule has 3 amide bonds. The molecule has 0 saturated heterocycles. The summed E-state index contributed by atoms with van der Waals surface area (Å²) in [7, 11) is -2.58. The fourth-order valence-electron chi connectivity index (χ4n) is 4.57. The van der Waals surface area contributed by atoms with E-state index >= 15 is 0 Å². The highest BCUT2D eigenvalue weighted by Gasteiger charge is 2.29. The largest absolute Gasteiger partial charge is 0.454 e. The van der Waals surface area contributed by atoms with E-state index in [-0.39, 0.29) is 18.1 Å². The van der Waals surface area contributed by atoms with E-state index in [1.165, 1.54) is 11.0 Å². The highest BCUT2D eigenvalue weighted by molar-refractivity contribution is 7.90. The Labute approximate surface area is 226 Å². The van der Waals surface area contributed by atoms with Gasteiger partial charge in [0.2, 0.25) is 12.7 Å². The third-order valence-corrected chi connectivity index (χ3v) is 8.08. The van der Waals surface area contributed by atoms with E-state index in [1.807, 2.05) is 47.2 Å². The molecule has 0 fully saturated rings. The van der Waals surface area contributed by atoms with Crippen LogP contribution in [0.2, 0.25) is 0 Å². The molecular weight excluding hydrogens is 518 g/mol. The highest BCUT2D eigenvalue weighted by Crippen LogP contribution is 2.35. The number of hydrogen-bond acceptors (Lipinski definition) is 6. The molecule has 4 aromatic rings. The molecule has 0 aliphatic carbocycles. The van der Waals surface area contributed by atoms with Crippen LogP contribution in [0.4, 0.5) is 10.5 Å². The van der Waals surface area contributed by atoms with Crippen molar-refractivity contribution < 1.29 is 27.5 Å². The van der Waals surface area contributed by atoms with Crippen LogP contribution in [0.15, 0.2) is 89.8 Å². The Kier molecular flexibility index (Phi) is 7.12. The zero-order valence-corrected chi connectivity index (χ0v) is 22.2. The summed E-state index contributed by atoms with van der Waals surface area (Å²) in [5, 5.41) is 4.51. The lowest BCUT2D eigenvalue weighted by Crippen LogP contribution is -2.52. The van der Waals surface area contributed by atoms with Gasteiger partial charge in [0.05, 0.1) is 4.90 Å². The summed E-state index contributed by atoms with van der Waals surface area (Å²) in [5.41, 5.74) is 1.85. The van der Waals surface area contributed by atoms with E-state index in [4.69, 9.17) is 9.47 Å². The second-order valence-electron chi connectivity index (χ2n) is 9.17. The number of rotatable bonds is 7. The van der Waals surface area contributed by atoms with Gasteiger partial charge in [-0.25, -0.2) is 17.9 Å². The van der Waals surface area contributed by atoms with Crippen molar-refractivity contribution in [2.45, 2.75) is 24.3 Å². The highest BCUT2D eigenvalue weighted by atomic mass is 32.2. The molecular formula is C29H27N3O6S. The third-order valence-electron chi connectivity index (χ3n) is 6.59. The molecule has 5 rings (SSSR count). The first kappa shape index (κ1) is 26.1. The number of anilines is 1. The molecule has 2 N–H and O–H groups in total. The van der Waals surface area contributed by atoms with Crippen molar-refractivity contribution >= 4 is 38.4 Å². The molecule has 39 heavy (non-hydrogen) atoms. The molecule has 0 radical (unpaired) electrons. The van der Waals surface area contributed by atoms with Crippen molar-refractivity contribution in [1.82, 2.24) is 10.0 Å². The monoisotopic (exact) mass is 545 g/mol. The van der Waals surface area contributed by atoms with Crippen molar-refractivity contribution in [1.29, 1.82) is 0 Å². The van der Waals surface area contributed by atoms with Gasteiger partial charge in [-0.05, 0) is 47.0 Å². The molecule has 200 valence electrons. The molecule has 1 aliphatic heterocycles. The summed E-state index contributed by atoms with van der Waals surface area (Å²) in [6.07, 6.45) is 0.132. The number of nitrogens with one attached hydrogen (secondary N) is 2. The molecule has 9 nitrogen and oxygen atoms in total. The number of carbonyl (C=O) groups is 2. The summed E-state index contributed by atoms with van der Waals surface area (Å²) >= 11 is 0. The van der Waals surface area contributed by atoms with Crippen LogP contribution >= 0.6 is 0 Å². The van der Waals surface area contributed by atoms with Crippen LogP contribution in [-0.2, 0) is 21.2 Å². The van der Waals surface area contributed by atoms with Gasteiger partial charge in [-0.2, -0.15) is 0 Å². The second kappa shape index (κ2) is 10.7. The molecule has 0 saturated carbocycles. The minimum absolute atomic E-state index is 0.0189. The Morgan fingerprint density at radius 2 is 1.64 bits per heavy atom. The van der Waals surface area contributed by atoms with Crippen molar-refractivity contribution in [3.8, 4) is 11.5 Å². The number of urea groups is 1. The van der Waals surface area contributed by atoms with Crippen LogP contribution in [0.1, 0.15) is 11.1 Å². The van der Waals surface area contributed by atoms with Crippen molar-refractivity contribution in [2.75, 3.05) is 18.7 Å². The lowest BCUT2D eigenvalue weighted by atomic mass is 9.98. The van der Waals surface area contributed by atoms with E-state index in [0.29, 0.717) is 22.7 Å². The van der Waals surface area contributed by atoms with Crippen LogP contribution in [-0.4, -0.2) is 40.2 Å². The Bertz CT molecular complexity index is 1670. The van der Waals surface area contributed by atoms with Crippen molar-refractivity contribution in [3.05, 3.63) is 96.1 Å². The fraction of sp³-hybridized carbons (Fsp3) is 0.172. The van der Waals surface area contributed by atoms with Crippen LogP contribution < -0.4 is 24.4 Å². The number of likely N-dealkylation sites (N-methyl/N-ethyl adjacent to an activating group) is 1. The maximum Gasteiger partial charge on any atom is 0.329 e. The smallest absolute Gasteiger partial charge is 0.329 e. The number of ether oxygens (including phenoxy) is 2. The number of benzene rings is 4. The SMILES string of the molecule is Cc1ccccc1S(=O)(=O)NC(=O)NC(Cc1cccc2ccccc12)C(=O)N(C)c1ccc2c(c1)OCO2. The molecule has 1 atom stereocenters. The van der Waals surface area contributed by atoms with Gasteiger partial charge >= 0.3 is 6.03 Å². The van der Waals surface area contributed by atoms with Gasteiger partial charge in [0.25, 0.3) is 10.0 Å². The van der Waals surface area contributed by atoms with Gasteiger partial charge in [0.1, 0.15) is 6.04 Å². The molecule has 0 bridgehead atoms. The Balaban J connectivity index is 1.43. The number of amides is 3. The maximum absolute atomic E-state index is 13.8. The lowest BCUT2D eigenvalue weighted by Gasteiger charge is -2.25. The van der Waals surface area contributed by atoms with Crippen LogP contribution in [0, 0.1) is 6.92 Å². The Morgan fingerprint density at radius 1 is 0.923 bits per heavy atom. The number of sulfonamides is 1. The maximum atomic E-state index is 13.8. The average Bonchev–Trinajstić information content (AvgIpc) is 3.40. The fourth-order valence-corrected chi connectivity index (χ4v) is 5.73. The van der Waals surface area contributed by atoms with Gasteiger partial charge in [-0.1, -0.05) is 60.7 Å². The predicted molar refractivity (Wildman–Crippen MR) is 147 cm³/mol. The van der Waals surface area contributed by atoms with E-state index in [9.17, 15) is 18.0 Å². The lowest BCUT2D eigenvalue weighted by molar-refractivity contribution is -0.120. The number of hydrogen-bond donors (Lipinski definition) is 2. The molecule has 10 heteroatoms. The summed E-state index contributed by atoms with van der Waals surface area (Å²) < 4.78 is 38.7. The molecule has 0 aromatic heterocycles. The van der Waals surface area contributed by atoms with Crippen molar-refractivity contribution in [2.24, 2.45) is 0 Å². The molecule has 0 spiro atoms. The summed E-state index contributed by atoms with van der Waals surface area (Å²) in [4.78, 5) is 28.2. The number of carbonyl (C=O) groups excluding carboxylic acids is 2. The van der Waals surface area contributed by atoms with E-state index < -0.39 is 28.0 Å². The third kappa shape index (κ3) is 5.51. The summed E-state index contributed by atoms with van der Waals surface area (Å²) in [5.74, 6) is 0.642. The van der Waals surface area contributed by atoms with Gasteiger partial charge in [0, 0.05) is 25.2 Å². The van der Waals surface area contributed by atoms with Crippen molar-refractivity contribution in [3.63, 3.8) is 0 Å². The zero-order valence-electron chi connectivity index (χ0n) is 21.4. The van der Waals surface area contributed by atoms with E-state index in [0.717, 1.165) is 16.3 Å². The average molecular weight is 546 g/mol. The van der Waals surface area contributed by atoms with E-state index in [1.54, 1.807) is 50.4 Å². The first-order valence-electron chi connectivity index (χ1n) is 12.3. The molecule has 1 unspecified atom stereocenters. The van der Waals surface area contributed by atoms with Crippen LogP contribution in [0.5, 0.6) is 11.5 Å². The summed E-state index contributed by atoms with van der Waals surface area (Å²) in [6, 6.07) is 22.8. The Hall–Kier alpha value is -4.57. The zero-order chi connectivity index (χ0) is 27.6. The predicted octanol–water partition coefficient (Wildman–Crippen LogP) is 4.14. The van der Waals surface area contributed by atoms with E-state index in [2.05, 4.69) is 5.32 Å². The first-order valence-corrected chi connectivity index (χ1v) is 13.7. The standard InChI is InChI=1S/C29H27N3O6S/c1-19-8-3-6-13-27(19)39(35,36)31-29(34)30-24(16-21-11-7-10-20-9-4-5-12-23(20)21)28(33)32(2)22-14-15-25-26(17-22)38-18-37-25/h3-15,17,24H,16,18H2,1-2H3,(H2,30,31,34). The van der Waals surface area contributed by atoms with Gasteiger partial charge < -0.3 is 19.7 Å². The number of aryl methyl sites for hydroxylation is 1. The quantitative estimate of drug-likeness (QED) is 0.361. The van der Waals surface area contributed by atoms with Crippen LogP contribution in [0.3, 0.4) is 0 Å². The van der Waals surface area contributed by atoms with Gasteiger partial charge in [0.15, 0.2) is 11.5 Å². The minimum atomic E-state index is -4.17. The van der Waals surface area contributed by atoms with Gasteiger partial charge in [-0.15, -0.1) is 0 Å². The summed E-state index contributed by atoms with van der Waals surface area (Å²) in [6.45, 7) is 1.73. The second-order valence-corrected chi connectivity index (χ2v) is 10.8. The molecule has 1 heterocycles.